The molecule has 4 rings (SSSR count). The minimum absolute atomic E-state index is 0.345. The molecule has 1 aromatic carbocycles. The first kappa shape index (κ1) is 14.2. The van der Waals surface area contributed by atoms with Crippen LogP contribution in [0.15, 0.2) is 28.7 Å². The smallest absolute Gasteiger partial charge is 0.0309 e. The summed E-state index contributed by atoms with van der Waals surface area (Å²) in [7, 11) is 0. The Morgan fingerprint density at radius 2 is 2.10 bits per heavy atom. The number of rotatable bonds is 4. The van der Waals surface area contributed by atoms with Gasteiger partial charge < -0.3 is 5.32 Å². The highest BCUT2D eigenvalue weighted by Crippen LogP contribution is 2.44. The van der Waals surface area contributed by atoms with Gasteiger partial charge in [0.1, 0.15) is 0 Å². The van der Waals surface area contributed by atoms with Gasteiger partial charge in [-0.1, -0.05) is 28.1 Å². The molecule has 21 heavy (non-hydrogen) atoms. The van der Waals surface area contributed by atoms with Crippen molar-refractivity contribution >= 4 is 15.9 Å². The summed E-state index contributed by atoms with van der Waals surface area (Å²) in [4.78, 5) is 2.77. The number of hydrogen-bond donors (Lipinski definition) is 1. The summed E-state index contributed by atoms with van der Waals surface area (Å²) in [6.45, 7) is 5.95. The van der Waals surface area contributed by atoms with E-state index in [1.54, 1.807) is 0 Å². The Bertz CT molecular complexity index is 524. The van der Waals surface area contributed by atoms with Gasteiger partial charge in [0.05, 0.1) is 0 Å². The lowest BCUT2D eigenvalue weighted by Crippen LogP contribution is -2.64. The predicted molar refractivity (Wildman–Crippen MR) is 90.2 cm³/mol. The normalized spacial score (nSPS) is 34.1. The molecule has 114 valence electrons. The van der Waals surface area contributed by atoms with E-state index in [-0.39, 0.29) is 0 Å². The van der Waals surface area contributed by atoms with E-state index < -0.39 is 0 Å². The van der Waals surface area contributed by atoms with Gasteiger partial charge in [-0.15, -0.1) is 0 Å². The molecule has 2 saturated carbocycles. The number of halogens is 1. The highest BCUT2D eigenvalue weighted by atomic mass is 79.9. The van der Waals surface area contributed by atoms with Crippen LogP contribution in [0.2, 0.25) is 0 Å². The second-order valence-electron chi connectivity index (χ2n) is 7.51. The summed E-state index contributed by atoms with van der Waals surface area (Å²) in [6.07, 6.45) is 5.70. The van der Waals surface area contributed by atoms with Crippen molar-refractivity contribution in [3.63, 3.8) is 0 Å². The molecule has 3 heteroatoms. The molecule has 1 aliphatic heterocycles. The van der Waals surface area contributed by atoms with Crippen LogP contribution in [-0.2, 0) is 6.54 Å². The SMILES string of the molecule is CC1(C2CC2)CN(Cc2cccc(Br)c2)C(C2CC2)CN1. The van der Waals surface area contributed by atoms with E-state index in [9.17, 15) is 0 Å². The van der Waals surface area contributed by atoms with Crippen molar-refractivity contribution < 1.29 is 0 Å². The van der Waals surface area contributed by atoms with Gasteiger partial charge in [-0.2, -0.15) is 0 Å². The molecule has 1 heterocycles. The van der Waals surface area contributed by atoms with Crippen LogP contribution in [0.5, 0.6) is 0 Å². The average Bonchev–Trinajstić information content (AvgIpc) is 3.30. The molecule has 3 aliphatic rings. The summed E-state index contributed by atoms with van der Waals surface area (Å²) < 4.78 is 1.20. The molecule has 1 saturated heterocycles. The Morgan fingerprint density at radius 3 is 2.76 bits per heavy atom. The quantitative estimate of drug-likeness (QED) is 0.890. The summed E-state index contributed by atoms with van der Waals surface area (Å²) in [5.41, 5.74) is 1.78. The van der Waals surface area contributed by atoms with Crippen LogP contribution in [0.25, 0.3) is 0 Å². The van der Waals surface area contributed by atoms with Crippen molar-refractivity contribution in [1.82, 2.24) is 10.2 Å². The van der Waals surface area contributed by atoms with Crippen molar-refractivity contribution in [2.24, 2.45) is 11.8 Å². The Balaban J connectivity index is 1.52. The molecule has 3 fully saturated rings. The maximum atomic E-state index is 3.91. The monoisotopic (exact) mass is 348 g/mol. The molecule has 2 aliphatic carbocycles. The molecule has 2 nitrogen and oxygen atoms in total. The fraction of sp³-hybridized carbons (Fsp3) is 0.667. The van der Waals surface area contributed by atoms with Crippen LogP contribution < -0.4 is 5.32 Å². The van der Waals surface area contributed by atoms with Crippen molar-refractivity contribution in [3.8, 4) is 0 Å². The van der Waals surface area contributed by atoms with Gasteiger partial charge >= 0.3 is 0 Å². The fourth-order valence-corrected chi connectivity index (χ4v) is 4.49. The van der Waals surface area contributed by atoms with E-state index in [0.29, 0.717) is 5.54 Å². The highest BCUT2D eigenvalue weighted by Gasteiger charge is 2.48. The Morgan fingerprint density at radius 1 is 1.29 bits per heavy atom. The minimum Gasteiger partial charge on any atom is -0.308 e. The maximum Gasteiger partial charge on any atom is 0.0309 e. The summed E-state index contributed by atoms with van der Waals surface area (Å²) in [6, 6.07) is 9.57. The second kappa shape index (κ2) is 5.36. The summed E-state index contributed by atoms with van der Waals surface area (Å²) in [5, 5.41) is 3.91. The lowest BCUT2D eigenvalue weighted by atomic mass is 9.89. The maximum absolute atomic E-state index is 3.91. The van der Waals surface area contributed by atoms with Gasteiger partial charge in [0.2, 0.25) is 0 Å². The lowest BCUT2D eigenvalue weighted by Gasteiger charge is -2.47. The molecule has 0 bridgehead atoms. The number of nitrogens with zero attached hydrogens (tertiary/aromatic N) is 1. The van der Waals surface area contributed by atoms with E-state index in [2.05, 4.69) is 57.3 Å². The highest BCUT2D eigenvalue weighted by molar-refractivity contribution is 9.10. The van der Waals surface area contributed by atoms with Crippen LogP contribution in [0.3, 0.4) is 0 Å². The van der Waals surface area contributed by atoms with E-state index in [1.165, 1.54) is 48.8 Å². The second-order valence-corrected chi connectivity index (χ2v) is 8.43. The number of benzene rings is 1. The lowest BCUT2D eigenvalue weighted by molar-refractivity contribution is 0.0578. The van der Waals surface area contributed by atoms with Crippen molar-refractivity contribution in [2.75, 3.05) is 13.1 Å². The van der Waals surface area contributed by atoms with E-state index in [4.69, 9.17) is 0 Å². The van der Waals surface area contributed by atoms with Gasteiger partial charge in [-0.3, -0.25) is 4.90 Å². The average molecular weight is 349 g/mol. The third kappa shape index (κ3) is 3.06. The van der Waals surface area contributed by atoms with E-state index >= 15 is 0 Å². The van der Waals surface area contributed by atoms with Crippen LogP contribution in [0.1, 0.15) is 38.2 Å². The van der Waals surface area contributed by atoms with E-state index in [1.807, 2.05) is 0 Å². The van der Waals surface area contributed by atoms with Crippen LogP contribution in [0.4, 0.5) is 0 Å². The topological polar surface area (TPSA) is 15.3 Å². The van der Waals surface area contributed by atoms with Crippen LogP contribution >= 0.6 is 15.9 Å². The first-order valence-electron chi connectivity index (χ1n) is 8.37. The molecule has 0 radical (unpaired) electrons. The zero-order valence-corrected chi connectivity index (χ0v) is 14.4. The predicted octanol–water partition coefficient (Wildman–Crippen LogP) is 3.80. The van der Waals surface area contributed by atoms with Gasteiger partial charge in [-0.25, -0.2) is 0 Å². The molecule has 0 amide bonds. The standard InChI is InChI=1S/C18H25BrN2/c1-18(15-7-8-15)12-21(17(10-20-18)14-5-6-14)11-13-3-2-4-16(19)9-13/h2-4,9,14-15,17,20H,5-8,10-12H2,1H3. The molecule has 1 aromatic rings. The summed E-state index contributed by atoms with van der Waals surface area (Å²) >= 11 is 3.61. The molecule has 1 N–H and O–H groups in total. The largest absolute Gasteiger partial charge is 0.308 e. The summed E-state index contributed by atoms with van der Waals surface area (Å²) in [5.74, 6) is 1.84. The van der Waals surface area contributed by atoms with Crippen molar-refractivity contribution in [2.45, 2.75) is 50.7 Å². The fourth-order valence-electron chi connectivity index (χ4n) is 4.04. The Labute approximate surface area is 136 Å². The Kier molecular flexibility index (Phi) is 3.63. The minimum atomic E-state index is 0.345. The molecule has 0 aromatic heterocycles. The zero-order valence-electron chi connectivity index (χ0n) is 12.8. The molecular weight excluding hydrogens is 324 g/mol. The third-order valence-electron chi connectivity index (χ3n) is 5.63. The third-order valence-corrected chi connectivity index (χ3v) is 6.13. The van der Waals surface area contributed by atoms with Crippen molar-refractivity contribution in [3.05, 3.63) is 34.3 Å². The van der Waals surface area contributed by atoms with E-state index in [0.717, 1.165) is 24.4 Å². The molecular formula is C18H25BrN2. The Hall–Kier alpha value is -0.380. The van der Waals surface area contributed by atoms with Gasteiger partial charge in [0.25, 0.3) is 0 Å². The van der Waals surface area contributed by atoms with Crippen LogP contribution in [-0.4, -0.2) is 29.6 Å². The number of nitrogens with one attached hydrogen (secondary N) is 1. The van der Waals surface area contributed by atoms with Crippen LogP contribution in [0, 0.1) is 11.8 Å². The number of hydrogen-bond acceptors (Lipinski definition) is 2. The first-order valence-corrected chi connectivity index (χ1v) is 9.17. The van der Waals surface area contributed by atoms with Crippen molar-refractivity contribution in [1.29, 1.82) is 0 Å². The molecule has 0 spiro atoms. The zero-order chi connectivity index (χ0) is 14.4. The molecule has 2 atom stereocenters. The first-order chi connectivity index (χ1) is 10.1. The number of piperazine rings is 1. The van der Waals surface area contributed by atoms with Gasteiger partial charge in [-0.05, 0) is 62.1 Å². The van der Waals surface area contributed by atoms with Gasteiger partial charge in [0.15, 0.2) is 0 Å². The van der Waals surface area contributed by atoms with Gasteiger partial charge in [0, 0.05) is 35.7 Å². The molecule has 2 unspecified atom stereocenters.